The van der Waals surface area contributed by atoms with Crippen LogP contribution in [-0.4, -0.2) is 44.2 Å². The molecule has 148 valence electrons. The third kappa shape index (κ3) is 4.17. The number of aryl methyl sites for hydroxylation is 1. The van der Waals surface area contributed by atoms with Crippen LogP contribution < -0.4 is 10.1 Å². The van der Waals surface area contributed by atoms with Gasteiger partial charge in [0, 0.05) is 13.0 Å². The Labute approximate surface area is 164 Å². The first-order valence-corrected chi connectivity index (χ1v) is 10.5. The van der Waals surface area contributed by atoms with Gasteiger partial charge in [0.05, 0.1) is 12.1 Å². The van der Waals surface area contributed by atoms with Gasteiger partial charge in [-0.25, -0.2) is 12.7 Å². The standard InChI is InChI=1S/C20H22N2O5S/c1-15-7-2-4-9-17(15)27-14-12-21-19(23)11-6-13-22-20(24)16-8-3-5-10-18(16)28(22,25)26/h2-5,7-10H,6,11-14H2,1H3,(H,21,23). The van der Waals surface area contributed by atoms with E-state index >= 15 is 0 Å². The predicted molar refractivity (Wildman–Crippen MR) is 104 cm³/mol. The summed E-state index contributed by atoms with van der Waals surface area (Å²) < 4.78 is 31.3. The van der Waals surface area contributed by atoms with E-state index < -0.39 is 15.9 Å². The Morgan fingerprint density at radius 1 is 1.11 bits per heavy atom. The van der Waals surface area contributed by atoms with Crippen LogP contribution in [0.1, 0.15) is 28.8 Å². The van der Waals surface area contributed by atoms with Gasteiger partial charge in [-0.15, -0.1) is 0 Å². The van der Waals surface area contributed by atoms with Crippen LogP contribution >= 0.6 is 0 Å². The van der Waals surface area contributed by atoms with Gasteiger partial charge >= 0.3 is 0 Å². The lowest BCUT2D eigenvalue weighted by Crippen LogP contribution is -2.33. The molecule has 0 bridgehead atoms. The molecule has 1 heterocycles. The number of nitrogens with zero attached hydrogens (tertiary/aromatic N) is 1. The molecule has 0 atom stereocenters. The zero-order valence-corrected chi connectivity index (χ0v) is 16.4. The lowest BCUT2D eigenvalue weighted by molar-refractivity contribution is -0.121. The van der Waals surface area contributed by atoms with Crippen LogP contribution in [0, 0.1) is 6.92 Å². The monoisotopic (exact) mass is 402 g/mol. The molecule has 0 unspecified atom stereocenters. The molecule has 1 aliphatic heterocycles. The van der Waals surface area contributed by atoms with Gasteiger partial charge in [-0.2, -0.15) is 0 Å². The molecule has 0 saturated carbocycles. The van der Waals surface area contributed by atoms with E-state index in [9.17, 15) is 18.0 Å². The Morgan fingerprint density at radius 3 is 2.57 bits per heavy atom. The number of benzene rings is 2. The Bertz CT molecular complexity index is 988. The summed E-state index contributed by atoms with van der Waals surface area (Å²) in [6, 6.07) is 13.7. The van der Waals surface area contributed by atoms with Gasteiger partial charge in [-0.1, -0.05) is 30.3 Å². The zero-order chi connectivity index (χ0) is 20.1. The smallest absolute Gasteiger partial charge is 0.269 e. The second-order valence-corrected chi connectivity index (χ2v) is 8.28. The van der Waals surface area contributed by atoms with Crippen molar-refractivity contribution < 1.29 is 22.7 Å². The molecule has 7 nitrogen and oxygen atoms in total. The van der Waals surface area contributed by atoms with Crippen molar-refractivity contribution in [2.24, 2.45) is 0 Å². The normalized spacial score (nSPS) is 14.6. The molecule has 1 N–H and O–H groups in total. The van der Waals surface area contributed by atoms with E-state index in [0.29, 0.717) is 13.2 Å². The minimum Gasteiger partial charge on any atom is -0.491 e. The van der Waals surface area contributed by atoms with Crippen LogP contribution in [0.2, 0.25) is 0 Å². The van der Waals surface area contributed by atoms with E-state index in [-0.39, 0.29) is 35.8 Å². The lowest BCUT2D eigenvalue weighted by Gasteiger charge is -2.14. The van der Waals surface area contributed by atoms with Crippen LogP contribution in [0.15, 0.2) is 53.4 Å². The molecule has 1 aliphatic rings. The summed E-state index contributed by atoms with van der Waals surface area (Å²) in [6.45, 7) is 2.60. The van der Waals surface area contributed by atoms with Gasteiger partial charge in [0.15, 0.2) is 0 Å². The highest BCUT2D eigenvalue weighted by Crippen LogP contribution is 2.29. The molecule has 2 aromatic rings. The topological polar surface area (TPSA) is 92.8 Å². The number of amides is 2. The molecular weight excluding hydrogens is 380 g/mol. The summed E-state index contributed by atoms with van der Waals surface area (Å²) in [5, 5.41) is 2.73. The summed E-state index contributed by atoms with van der Waals surface area (Å²) in [5.41, 5.74) is 1.20. The number of sulfonamides is 1. The highest BCUT2D eigenvalue weighted by molar-refractivity contribution is 7.90. The second kappa shape index (κ2) is 8.43. The number of carbonyl (C=O) groups is 2. The number of nitrogens with one attached hydrogen (secondary N) is 1. The third-order valence-corrected chi connectivity index (χ3v) is 6.29. The molecule has 0 spiro atoms. The molecule has 3 rings (SSSR count). The number of ether oxygens (including phenoxy) is 1. The van der Waals surface area contributed by atoms with E-state index in [1.165, 1.54) is 12.1 Å². The number of hydrogen-bond acceptors (Lipinski definition) is 5. The molecule has 0 aromatic heterocycles. The van der Waals surface area contributed by atoms with E-state index in [4.69, 9.17) is 4.74 Å². The maximum absolute atomic E-state index is 12.4. The first-order chi connectivity index (χ1) is 13.4. The lowest BCUT2D eigenvalue weighted by atomic mass is 10.2. The summed E-state index contributed by atoms with van der Waals surface area (Å²) in [4.78, 5) is 24.3. The molecular formula is C20H22N2O5S. The SMILES string of the molecule is Cc1ccccc1OCCNC(=O)CCCN1C(=O)c2ccccc2S1(=O)=O. The highest BCUT2D eigenvalue weighted by Gasteiger charge is 2.40. The summed E-state index contributed by atoms with van der Waals surface area (Å²) >= 11 is 0. The van der Waals surface area contributed by atoms with Crippen molar-refractivity contribution in [1.29, 1.82) is 0 Å². The molecule has 8 heteroatoms. The molecule has 2 amide bonds. The van der Waals surface area contributed by atoms with Crippen LogP contribution in [0.4, 0.5) is 0 Å². The predicted octanol–water partition coefficient (Wildman–Crippen LogP) is 2.11. The fourth-order valence-corrected chi connectivity index (χ4v) is 4.60. The average molecular weight is 402 g/mol. The number of rotatable bonds is 8. The van der Waals surface area contributed by atoms with Gasteiger partial charge in [-0.3, -0.25) is 9.59 Å². The van der Waals surface area contributed by atoms with Crippen molar-refractivity contribution >= 4 is 21.8 Å². The van der Waals surface area contributed by atoms with E-state index in [1.807, 2.05) is 31.2 Å². The van der Waals surface area contributed by atoms with E-state index in [2.05, 4.69) is 5.32 Å². The first kappa shape index (κ1) is 19.9. The Hall–Kier alpha value is -2.87. The van der Waals surface area contributed by atoms with Gasteiger partial charge in [0.1, 0.15) is 17.3 Å². The quantitative estimate of drug-likeness (QED) is 0.683. The molecule has 0 aliphatic carbocycles. The number of carbonyl (C=O) groups excluding carboxylic acids is 2. The number of fused-ring (bicyclic) bond motifs is 1. The fourth-order valence-electron chi connectivity index (χ4n) is 2.99. The van der Waals surface area contributed by atoms with E-state index in [0.717, 1.165) is 15.6 Å². The van der Waals surface area contributed by atoms with Crippen LogP contribution in [-0.2, 0) is 14.8 Å². The Kier molecular flexibility index (Phi) is 5.99. The van der Waals surface area contributed by atoms with Crippen molar-refractivity contribution in [3.8, 4) is 5.75 Å². The van der Waals surface area contributed by atoms with Crippen molar-refractivity contribution in [1.82, 2.24) is 9.62 Å². The van der Waals surface area contributed by atoms with Crippen LogP contribution in [0.25, 0.3) is 0 Å². The van der Waals surface area contributed by atoms with E-state index in [1.54, 1.807) is 12.1 Å². The van der Waals surface area contributed by atoms with Gasteiger partial charge in [-0.05, 0) is 37.1 Å². The average Bonchev–Trinajstić information content (AvgIpc) is 2.87. The zero-order valence-electron chi connectivity index (χ0n) is 15.6. The number of hydrogen-bond donors (Lipinski definition) is 1. The van der Waals surface area contributed by atoms with Crippen molar-refractivity contribution in [3.05, 3.63) is 59.7 Å². The van der Waals surface area contributed by atoms with Gasteiger partial charge in [0.25, 0.3) is 15.9 Å². The summed E-state index contributed by atoms with van der Waals surface area (Å²) in [6.07, 6.45) is 0.378. The first-order valence-electron chi connectivity index (χ1n) is 9.02. The fraction of sp³-hybridized carbons (Fsp3) is 0.300. The maximum Gasteiger partial charge on any atom is 0.269 e. The van der Waals surface area contributed by atoms with Crippen molar-refractivity contribution in [2.75, 3.05) is 19.7 Å². The van der Waals surface area contributed by atoms with Gasteiger partial charge < -0.3 is 10.1 Å². The highest BCUT2D eigenvalue weighted by atomic mass is 32.2. The minimum absolute atomic E-state index is 0.0248. The van der Waals surface area contributed by atoms with Crippen molar-refractivity contribution in [2.45, 2.75) is 24.7 Å². The summed E-state index contributed by atoms with van der Waals surface area (Å²) in [5.74, 6) is 0.0200. The number of para-hydroxylation sites is 1. The van der Waals surface area contributed by atoms with Crippen LogP contribution in [0.5, 0.6) is 5.75 Å². The second-order valence-electron chi connectivity index (χ2n) is 6.45. The Morgan fingerprint density at radius 2 is 1.82 bits per heavy atom. The molecule has 2 aromatic carbocycles. The van der Waals surface area contributed by atoms with Gasteiger partial charge in [0.2, 0.25) is 5.91 Å². The summed E-state index contributed by atoms with van der Waals surface area (Å²) in [7, 11) is -3.82. The third-order valence-electron chi connectivity index (χ3n) is 4.45. The maximum atomic E-state index is 12.4. The minimum atomic E-state index is -3.82. The molecule has 0 saturated heterocycles. The van der Waals surface area contributed by atoms with Crippen LogP contribution in [0.3, 0.4) is 0 Å². The molecule has 0 fully saturated rings. The Balaban J connectivity index is 1.41. The van der Waals surface area contributed by atoms with Crippen molar-refractivity contribution in [3.63, 3.8) is 0 Å². The molecule has 0 radical (unpaired) electrons. The molecule has 28 heavy (non-hydrogen) atoms. The largest absolute Gasteiger partial charge is 0.491 e.